The van der Waals surface area contributed by atoms with Gasteiger partial charge in [-0.1, -0.05) is 12.1 Å². The number of benzene rings is 1. The molecule has 1 saturated heterocycles. The molecule has 0 unspecified atom stereocenters. The molecule has 156 valence electrons. The van der Waals surface area contributed by atoms with Gasteiger partial charge in [0.15, 0.2) is 0 Å². The summed E-state index contributed by atoms with van der Waals surface area (Å²) < 4.78 is 6.24. The fraction of sp³-hybridized carbons (Fsp3) is 0.316. The summed E-state index contributed by atoms with van der Waals surface area (Å²) in [5.74, 6) is -2.64. The third kappa shape index (κ3) is 6.84. The van der Waals surface area contributed by atoms with Crippen LogP contribution in [0, 0.1) is 0 Å². The van der Waals surface area contributed by atoms with Crippen LogP contribution in [0.1, 0.15) is 15.2 Å². The monoisotopic (exact) mass is 484 g/mol. The second kappa shape index (κ2) is 10.9. The Labute approximate surface area is 180 Å². The smallest absolute Gasteiger partial charge is 0.414 e. The van der Waals surface area contributed by atoms with Crippen LogP contribution in [0.15, 0.2) is 40.2 Å². The molecular formula is C19H21BrN2O6S. The first-order chi connectivity index (χ1) is 13.8. The maximum atomic E-state index is 12.3. The van der Waals surface area contributed by atoms with Gasteiger partial charge in [0, 0.05) is 32.7 Å². The van der Waals surface area contributed by atoms with Gasteiger partial charge >= 0.3 is 11.9 Å². The number of amides is 1. The summed E-state index contributed by atoms with van der Waals surface area (Å²) in [4.78, 5) is 35.7. The van der Waals surface area contributed by atoms with Crippen molar-refractivity contribution in [1.82, 2.24) is 9.80 Å². The number of thiophene rings is 1. The first kappa shape index (κ1) is 22.9. The van der Waals surface area contributed by atoms with E-state index in [4.69, 9.17) is 24.5 Å². The molecule has 1 aliphatic rings. The Bertz CT molecular complexity index is 838. The maximum absolute atomic E-state index is 12.3. The second-order valence-electron chi connectivity index (χ2n) is 6.12. The van der Waals surface area contributed by atoms with Crippen molar-refractivity contribution in [3.63, 3.8) is 0 Å². The molecule has 1 aromatic heterocycles. The largest absolute Gasteiger partial charge is 0.496 e. The highest BCUT2D eigenvalue weighted by Crippen LogP contribution is 2.26. The highest BCUT2D eigenvalue weighted by Gasteiger charge is 2.22. The van der Waals surface area contributed by atoms with Crippen LogP contribution in [0.3, 0.4) is 0 Å². The standard InChI is InChI=1S/C17H19BrN2O2S.C2H2O4/c1-22-15-5-4-13(11-14(15)18)12-19-6-8-20(9-7-19)17(21)16-3-2-10-23-16;3-1(4)2(5)6/h2-5,10-11H,6-9,12H2,1H3;(H,3,4)(H,5,6). The van der Waals surface area contributed by atoms with E-state index in [1.807, 2.05) is 28.5 Å². The van der Waals surface area contributed by atoms with Crippen molar-refractivity contribution >= 4 is 45.1 Å². The van der Waals surface area contributed by atoms with Gasteiger partial charge in [-0.25, -0.2) is 9.59 Å². The van der Waals surface area contributed by atoms with Gasteiger partial charge in [-0.2, -0.15) is 0 Å². The van der Waals surface area contributed by atoms with Crippen LogP contribution in [0.5, 0.6) is 5.75 Å². The van der Waals surface area contributed by atoms with Gasteiger partial charge in [0.1, 0.15) is 5.75 Å². The van der Waals surface area contributed by atoms with E-state index in [1.165, 1.54) is 16.9 Å². The van der Waals surface area contributed by atoms with Crippen molar-refractivity contribution in [2.24, 2.45) is 0 Å². The van der Waals surface area contributed by atoms with Crippen LogP contribution in [0.2, 0.25) is 0 Å². The number of hydrogen-bond acceptors (Lipinski definition) is 6. The topological polar surface area (TPSA) is 107 Å². The molecule has 1 aliphatic heterocycles. The Balaban J connectivity index is 0.000000438. The third-order valence-electron chi connectivity index (χ3n) is 4.20. The molecule has 1 amide bonds. The average molecular weight is 485 g/mol. The van der Waals surface area contributed by atoms with Crippen LogP contribution < -0.4 is 4.74 Å². The number of ether oxygens (including phenoxy) is 1. The zero-order chi connectivity index (χ0) is 21.4. The van der Waals surface area contributed by atoms with Crippen LogP contribution >= 0.6 is 27.3 Å². The summed E-state index contributed by atoms with van der Waals surface area (Å²) >= 11 is 5.04. The van der Waals surface area contributed by atoms with E-state index in [0.29, 0.717) is 0 Å². The molecule has 0 radical (unpaired) electrons. The van der Waals surface area contributed by atoms with E-state index >= 15 is 0 Å². The molecule has 1 aromatic carbocycles. The van der Waals surface area contributed by atoms with Gasteiger partial charge < -0.3 is 19.8 Å². The molecule has 10 heteroatoms. The molecule has 0 atom stereocenters. The number of carbonyl (C=O) groups excluding carboxylic acids is 1. The summed E-state index contributed by atoms with van der Waals surface area (Å²) in [6.07, 6.45) is 0. The lowest BCUT2D eigenvalue weighted by atomic mass is 10.2. The predicted octanol–water partition coefficient (Wildman–Crippen LogP) is 2.63. The molecule has 0 bridgehead atoms. The van der Waals surface area contributed by atoms with E-state index < -0.39 is 11.9 Å². The molecule has 2 heterocycles. The molecule has 2 aromatic rings. The molecule has 29 heavy (non-hydrogen) atoms. The highest BCUT2D eigenvalue weighted by atomic mass is 79.9. The SMILES string of the molecule is COc1ccc(CN2CCN(C(=O)c3cccs3)CC2)cc1Br.O=C(O)C(=O)O. The maximum Gasteiger partial charge on any atom is 0.414 e. The predicted molar refractivity (Wildman–Crippen MR) is 111 cm³/mol. The van der Waals surface area contributed by atoms with Crippen molar-refractivity contribution in [3.8, 4) is 5.75 Å². The second-order valence-corrected chi connectivity index (χ2v) is 7.93. The van der Waals surface area contributed by atoms with Gasteiger partial charge in [0.05, 0.1) is 16.5 Å². The Morgan fingerprint density at radius 2 is 1.76 bits per heavy atom. The van der Waals surface area contributed by atoms with Crippen molar-refractivity contribution in [2.75, 3.05) is 33.3 Å². The zero-order valence-corrected chi connectivity index (χ0v) is 18.1. The quantitative estimate of drug-likeness (QED) is 0.642. The molecule has 8 nitrogen and oxygen atoms in total. The Hall–Kier alpha value is -2.43. The zero-order valence-electron chi connectivity index (χ0n) is 15.7. The first-order valence-corrected chi connectivity index (χ1v) is 10.3. The fourth-order valence-corrected chi connectivity index (χ4v) is 4.01. The van der Waals surface area contributed by atoms with Gasteiger partial charge in [0.2, 0.25) is 0 Å². The molecule has 0 saturated carbocycles. The summed E-state index contributed by atoms with van der Waals surface area (Å²) in [6.45, 7) is 4.27. The normalized spacial score (nSPS) is 13.9. The van der Waals surface area contributed by atoms with Crippen LogP contribution in [0.25, 0.3) is 0 Å². The number of aliphatic carboxylic acids is 2. The van der Waals surface area contributed by atoms with Crippen LogP contribution in [-0.4, -0.2) is 71.1 Å². The lowest BCUT2D eigenvalue weighted by molar-refractivity contribution is -0.159. The Kier molecular flexibility index (Phi) is 8.62. The third-order valence-corrected chi connectivity index (χ3v) is 5.67. The molecular weight excluding hydrogens is 464 g/mol. The molecule has 0 spiro atoms. The first-order valence-electron chi connectivity index (χ1n) is 8.65. The van der Waals surface area contributed by atoms with Crippen molar-refractivity contribution in [3.05, 3.63) is 50.6 Å². The van der Waals surface area contributed by atoms with Crippen molar-refractivity contribution < 1.29 is 29.3 Å². The number of carbonyl (C=O) groups is 3. The van der Waals surface area contributed by atoms with E-state index in [2.05, 4.69) is 33.0 Å². The summed E-state index contributed by atoms with van der Waals surface area (Å²) in [7, 11) is 1.67. The van der Waals surface area contributed by atoms with Crippen LogP contribution in [-0.2, 0) is 16.1 Å². The number of rotatable bonds is 4. The minimum atomic E-state index is -1.82. The number of carboxylic acids is 2. The molecule has 3 rings (SSSR count). The highest BCUT2D eigenvalue weighted by molar-refractivity contribution is 9.10. The van der Waals surface area contributed by atoms with Crippen molar-refractivity contribution in [1.29, 1.82) is 0 Å². The lowest BCUT2D eigenvalue weighted by Crippen LogP contribution is -2.48. The summed E-state index contributed by atoms with van der Waals surface area (Å²) in [6, 6.07) is 9.99. The van der Waals surface area contributed by atoms with Gasteiger partial charge in [0.25, 0.3) is 5.91 Å². The molecule has 2 N–H and O–H groups in total. The van der Waals surface area contributed by atoms with Crippen molar-refractivity contribution in [2.45, 2.75) is 6.54 Å². The Morgan fingerprint density at radius 1 is 1.10 bits per heavy atom. The number of carboxylic acid groups (broad SMARTS) is 2. The van der Waals surface area contributed by atoms with Gasteiger partial charge in [-0.3, -0.25) is 9.69 Å². The van der Waals surface area contributed by atoms with E-state index in [1.54, 1.807) is 7.11 Å². The Morgan fingerprint density at radius 3 is 2.24 bits per heavy atom. The minimum Gasteiger partial charge on any atom is -0.496 e. The van der Waals surface area contributed by atoms with Gasteiger partial charge in [-0.15, -0.1) is 11.3 Å². The number of nitrogens with zero attached hydrogens (tertiary/aromatic N) is 2. The number of hydrogen-bond donors (Lipinski definition) is 2. The van der Waals surface area contributed by atoms with E-state index in [-0.39, 0.29) is 5.91 Å². The molecule has 0 aliphatic carbocycles. The van der Waals surface area contributed by atoms with Gasteiger partial charge in [-0.05, 0) is 45.1 Å². The van der Waals surface area contributed by atoms with Crippen LogP contribution in [0.4, 0.5) is 0 Å². The average Bonchev–Trinajstić information content (AvgIpc) is 3.23. The number of piperazine rings is 1. The summed E-state index contributed by atoms with van der Waals surface area (Å²) in [5, 5.41) is 16.7. The molecule has 1 fully saturated rings. The van der Waals surface area contributed by atoms with E-state index in [0.717, 1.165) is 47.8 Å². The van der Waals surface area contributed by atoms with E-state index in [9.17, 15) is 4.79 Å². The number of halogens is 1. The fourth-order valence-electron chi connectivity index (χ4n) is 2.73. The minimum absolute atomic E-state index is 0.159. The summed E-state index contributed by atoms with van der Waals surface area (Å²) in [5.41, 5.74) is 1.25. The number of methoxy groups -OCH3 is 1. The lowest BCUT2D eigenvalue weighted by Gasteiger charge is -2.34.